The lowest BCUT2D eigenvalue weighted by atomic mass is 10.1. The van der Waals surface area contributed by atoms with Gasteiger partial charge in [-0.1, -0.05) is 45.3 Å². The van der Waals surface area contributed by atoms with Crippen molar-refractivity contribution >= 4 is 8.32 Å². The highest BCUT2D eigenvalue weighted by Gasteiger charge is 2.37. The van der Waals surface area contributed by atoms with Crippen molar-refractivity contribution in [1.29, 1.82) is 0 Å². The van der Waals surface area contributed by atoms with Gasteiger partial charge in [-0.05, 0) is 62.9 Å². The number of aliphatic hydroxyl groups is 1. The maximum atomic E-state index is 8.96. The van der Waals surface area contributed by atoms with Gasteiger partial charge in [0.1, 0.15) is 11.5 Å². The number of hydrogen-bond acceptors (Lipinski definition) is 3. The molecule has 0 saturated heterocycles. The normalized spacial score (nSPS) is 13.5. The summed E-state index contributed by atoms with van der Waals surface area (Å²) in [6.45, 7) is 16.2. The van der Waals surface area contributed by atoms with E-state index in [1.165, 1.54) is 24.8 Å². The minimum Gasteiger partial charge on any atom is -0.463 e. The van der Waals surface area contributed by atoms with Crippen molar-refractivity contribution in [3.05, 3.63) is 34.8 Å². The Bertz CT molecular complexity index is 564. The van der Waals surface area contributed by atoms with Crippen LogP contribution in [-0.4, -0.2) is 20.0 Å². The quantitative estimate of drug-likeness (QED) is 0.269. The Morgan fingerprint density at radius 3 is 2.46 bits per heavy atom. The molecule has 3 nitrogen and oxygen atoms in total. The van der Waals surface area contributed by atoms with Gasteiger partial charge in [-0.15, -0.1) is 0 Å². The smallest absolute Gasteiger partial charge is 0.192 e. The van der Waals surface area contributed by atoms with Gasteiger partial charge in [0.05, 0.1) is 13.2 Å². The third kappa shape index (κ3) is 7.81. The first-order valence-corrected chi connectivity index (χ1v) is 13.0. The molecule has 0 amide bonds. The van der Waals surface area contributed by atoms with Crippen LogP contribution in [0.4, 0.5) is 0 Å². The molecule has 26 heavy (non-hydrogen) atoms. The Kier molecular flexibility index (Phi) is 9.35. The van der Waals surface area contributed by atoms with E-state index < -0.39 is 8.32 Å². The van der Waals surface area contributed by atoms with Crippen LogP contribution in [0.15, 0.2) is 22.1 Å². The van der Waals surface area contributed by atoms with Gasteiger partial charge < -0.3 is 13.9 Å². The van der Waals surface area contributed by atoms with Crippen LogP contribution in [0, 0.1) is 6.92 Å². The van der Waals surface area contributed by atoms with E-state index in [4.69, 9.17) is 13.9 Å². The van der Waals surface area contributed by atoms with Crippen molar-refractivity contribution in [1.82, 2.24) is 0 Å². The molecular formula is C22H40O3Si. The molecule has 0 aliphatic carbocycles. The summed E-state index contributed by atoms with van der Waals surface area (Å²) >= 11 is 0. The summed E-state index contributed by atoms with van der Waals surface area (Å²) in [5.74, 6) is 2.08. The average molecular weight is 381 g/mol. The first kappa shape index (κ1) is 23.2. The lowest BCUT2D eigenvalue weighted by Gasteiger charge is -2.35. The fourth-order valence-electron chi connectivity index (χ4n) is 2.53. The molecule has 0 atom stereocenters. The second-order valence-electron chi connectivity index (χ2n) is 9.03. The third-order valence-corrected chi connectivity index (χ3v) is 10.0. The van der Waals surface area contributed by atoms with E-state index in [2.05, 4.69) is 52.9 Å². The Labute approximate surface area is 162 Å². The van der Waals surface area contributed by atoms with Crippen molar-refractivity contribution in [2.45, 2.75) is 97.9 Å². The highest BCUT2D eigenvalue weighted by Crippen LogP contribution is 2.37. The van der Waals surface area contributed by atoms with E-state index in [-0.39, 0.29) is 11.6 Å². The molecule has 0 aromatic carbocycles. The van der Waals surface area contributed by atoms with Crippen molar-refractivity contribution in [3.63, 3.8) is 0 Å². The summed E-state index contributed by atoms with van der Waals surface area (Å²) < 4.78 is 12.4. The minimum absolute atomic E-state index is 0.180. The van der Waals surface area contributed by atoms with Crippen LogP contribution in [0.25, 0.3) is 0 Å². The molecule has 0 spiro atoms. The second-order valence-corrected chi connectivity index (χ2v) is 13.8. The first-order valence-electron chi connectivity index (χ1n) is 10.1. The highest BCUT2D eigenvalue weighted by atomic mass is 28.4. The number of unbranched alkanes of at least 4 members (excludes halogenated alkanes) is 4. The van der Waals surface area contributed by atoms with Crippen LogP contribution >= 0.6 is 0 Å². The van der Waals surface area contributed by atoms with Crippen LogP contribution in [0.5, 0.6) is 0 Å². The Morgan fingerprint density at radius 1 is 1.19 bits per heavy atom. The lowest BCUT2D eigenvalue weighted by Crippen LogP contribution is -2.40. The van der Waals surface area contributed by atoms with Crippen LogP contribution in [0.3, 0.4) is 0 Å². The van der Waals surface area contributed by atoms with Crippen molar-refractivity contribution < 1.29 is 13.9 Å². The summed E-state index contributed by atoms with van der Waals surface area (Å²) in [7, 11) is -1.74. The predicted octanol–water partition coefficient (Wildman–Crippen LogP) is 6.54. The lowest BCUT2D eigenvalue weighted by molar-refractivity contribution is 0.241. The molecule has 1 aromatic heterocycles. The van der Waals surface area contributed by atoms with Crippen LogP contribution in [0.1, 0.15) is 76.9 Å². The minimum atomic E-state index is -1.74. The fraction of sp³-hybridized carbons (Fsp3) is 0.727. The van der Waals surface area contributed by atoms with Crippen molar-refractivity contribution in [2.24, 2.45) is 0 Å². The van der Waals surface area contributed by atoms with E-state index in [1.54, 1.807) is 0 Å². The highest BCUT2D eigenvalue weighted by molar-refractivity contribution is 6.74. The number of allylic oxidation sites excluding steroid dienone is 1. The van der Waals surface area contributed by atoms with E-state index in [9.17, 15) is 0 Å². The fourth-order valence-corrected chi connectivity index (χ4v) is 3.45. The second kappa shape index (κ2) is 10.5. The maximum Gasteiger partial charge on any atom is 0.192 e. The first-order chi connectivity index (χ1) is 12.1. The van der Waals surface area contributed by atoms with Gasteiger partial charge in [-0.3, -0.25) is 0 Å². The van der Waals surface area contributed by atoms with E-state index >= 15 is 0 Å². The van der Waals surface area contributed by atoms with Crippen LogP contribution < -0.4 is 0 Å². The van der Waals surface area contributed by atoms with Gasteiger partial charge in [0.15, 0.2) is 8.32 Å². The molecule has 0 radical (unpaired) electrons. The molecule has 1 aromatic rings. The Hall–Kier alpha value is -0.843. The predicted molar refractivity (Wildman–Crippen MR) is 113 cm³/mol. The average Bonchev–Trinajstić information content (AvgIpc) is 2.90. The zero-order valence-corrected chi connectivity index (χ0v) is 19.1. The molecule has 150 valence electrons. The molecular weight excluding hydrogens is 340 g/mol. The van der Waals surface area contributed by atoms with Crippen LogP contribution in [-0.2, 0) is 17.5 Å². The molecule has 1 N–H and O–H groups in total. The van der Waals surface area contributed by atoms with E-state index in [0.29, 0.717) is 6.61 Å². The van der Waals surface area contributed by atoms with Gasteiger partial charge >= 0.3 is 0 Å². The third-order valence-electron chi connectivity index (χ3n) is 5.56. The molecule has 0 bridgehead atoms. The zero-order valence-electron chi connectivity index (χ0n) is 18.1. The van der Waals surface area contributed by atoms with Gasteiger partial charge in [-0.25, -0.2) is 0 Å². The zero-order chi connectivity index (χ0) is 19.8. The number of rotatable bonds is 11. The van der Waals surface area contributed by atoms with Crippen molar-refractivity contribution in [2.75, 3.05) is 6.61 Å². The van der Waals surface area contributed by atoms with Gasteiger partial charge in [0.2, 0.25) is 0 Å². The van der Waals surface area contributed by atoms with E-state index in [0.717, 1.165) is 36.4 Å². The number of furan rings is 1. The van der Waals surface area contributed by atoms with Crippen LogP contribution in [0.2, 0.25) is 18.1 Å². The summed E-state index contributed by atoms with van der Waals surface area (Å²) in [5.41, 5.74) is 2.28. The summed E-state index contributed by atoms with van der Waals surface area (Å²) in [6, 6.07) is 2.18. The summed E-state index contributed by atoms with van der Waals surface area (Å²) in [4.78, 5) is 0. The van der Waals surface area contributed by atoms with E-state index in [1.807, 2.05) is 6.92 Å². The molecule has 0 saturated carbocycles. The van der Waals surface area contributed by atoms with Gasteiger partial charge in [0, 0.05) is 6.42 Å². The summed E-state index contributed by atoms with van der Waals surface area (Å²) in [5, 5.41) is 9.19. The van der Waals surface area contributed by atoms with Crippen molar-refractivity contribution in [3.8, 4) is 0 Å². The molecule has 0 aliphatic rings. The Morgan fingerprint density at radius 2 is 1.85 bits per heavy atom. The molecule has 0 aliphatic heterocycles. The molecule has 0 unspecified atom stereocenters. The molecule has 4 heteroatoms. The SMILES string of the molecule is C/C(=C/CCCCCCc1cc(C)c(CO[Si](C)(C)C(C)(C)C)o1)CO. The number of hydrogen-bond donors (Lipinski definition) is 1. The largest absolute Gasteiger partial charge is 0.463 e. The summed E-state index contributed by atoms with van der Waals surface area (Å²) in [6.07, 6.45) is 9.04. The standard InChI is InChI=1S/C22H40O3Si/c1-18(16-23)13-11-9-8-10-12-14-20-15-19(2)21(25-20)17-24-26(6,7)22(3,4)5/h13,15,23H,8-12,14,16-17H2,1-7H3/b18-13-. The number of aryl methyl sites for hydroxylation is 2. The van der Waals surface area contributed by atoms with Gasteiger partial charge in [-0.2, -0.15) is 0 Å². The monoisotopic (exact) mass is 380 g/mol. The molecule has 1 heterocycles. The number of aliphatic hydroxyl groups excluding tert-OH is 1. The molecule has 1 rings (SSSR count). The van der Waals surface area contributed by atoms with Gasteiger partial charge in [0.25, 0.3) is 0 Å². The maximum absolute atomic E-state index is 8.96. The molecule has 0 fully saturated rings. The Balaban J connectivity index is 2.35. The topological polar surface area (TPSA) is 42.6 Å².